The third-order valence-corrected chi connectivity index (χ3v) is 4.84. The van der Waals surface area contributed by atoms with E-state index in [1.165, 1.54) is 44.1 Å². The summed E-state index contributed by atoms with van der Waals surface area (Å²) in [6, 6.07) is 9.59. The lowest BCUT2D eigenvalue weighted by atomic mass is 10.0. The zero-order chi connectivity index (χ0) is 13.7. The number of nitrogens with zero attached hydrogens (tertiary/aromatic N) is 1. The number of benzene rings is 1. The van der Waals surface area contributed by atoms with Crippen molar-refractivity contribution < 1.29 is 0 Å². The molecule has 0 aromatic heterocycles. The number of halogens is 1. The lowest BCUT2D eigenvalue weighted by molar-refractivity contribution is 0.161. The monoisotopic (exact) mass is 324 g/mol. The van der Waals surface area contributed by atoms with Crippen LogP contribution in [0.3, 0.4) is 0 Å². The zero-order valence-corrected chi connectivity index (χ0v) is 13.4. The molecule has 1 aliphatic rings. The Morgan fingerprint density at radius 3 is 2.53 bits per heavy atom. The summed E-state index contributed by atoms with van der Waals surface area (Å²) in [6.07, 6.45) is 8.17. The number of rotatable bonds is 4. The van der Waals surface area contributed by atoms with Gasteiger partial charge in [-0.2, -0.15) is 0 Å². The van der Waals surface area contributed by atoms with Crippen molar-refractivity contribution in [2.45, 2.75) is 50.6 Å². The molecule has 0 saturated heterocycles. The van der Waals surface area contributed by atoms with E-state index >= 15 is 0 Å². The SMILES string of the molecule is CN(C1CCCCCC1)C(CN)c1cccc(Br)c1. The maximum Gasteiger partial charge on any atom is 0.0470 e. The molecule has 0 spiro atoms. The second-order valence-corrected chi connectivity index (χ2v) is 6.53. The minimum atomic E-state index is 0.334. The van der Waals surface area contributed by atoms with Gasteiger partial charge in [0.1, 0.15) is 0 Å². The second kappa shape index (κ2) is 7.41. The maximum absolute atomic E-state index is 6.04. The van der Waals surface area contributed by atoms with Gasteiger partial charge in [-0.15, -0.1) is 0 Å². The predicted octanol–water partition coefficient (Wildman–Crippen LogP) is 4.10. The highest BCUT2D eigenvalue weighted by Crippen LogP contribution is 2.28. The fourth-order valence-corrected chi connectivity index (χ4v) is 3.59. The first-order valence-electron chi connectivity index (χ1n) is 7.40. The Labute approximate surface area is 125 Å². The lowest BCUT2D eigenvalue weighted by Gasteiger charge is -2.34. The summed E-state index contributed by atoms with van der Waals surface area (Å²) in [4.78, 5) is 2.51. The molecule has 1 aromatic carbocycles. The molecule has 1 saturated carbocycles. The molecular formula is C16H25BrN2. The largest absolute Gasteiger partial charge is 0.329 e. The summed E-state index contributed by atoms with van der Waals surface area (Å²) >= 11 is 3.56. The van der Waals surface area contributed by atoms with Gasteiger partial charge in [0.2, 0.25) is 0 Å². The molecule has 2 N–H and O–H groups in total. The molecule has 3 heteroatoms. The average molecular weight is 325 g/mol. The molecule has 2 nitrogen and oxygen atoms in total. The van der Waals surface area contributed by atoms with E-state index in [2.05, 4.69) is 52.1 Å². The van der Waals surface area contributed by atoms with Gasteiger partial charge < -0.3 is 5.73 Å². The van der Waals surface area contributed by atoms with Gasteiger partial charge in [0.25, 0.3) is 0 Å². The van der Waals surface area contributed by atoms with E-state index in [0.717, 1.165) is 4.47 Å². The Morgan fingerprint density at radius 2 is 1.95 bits per heavy atom. The Bertz CT molecular complexity index is 386. The van der Waals surface area contributed by atoms with Crippen LogP contribution in [0.1, 0.15) is 50.1 Å². The minimum Gasteiger partial charge on any atom is -0.329 e. The molecule has 1 atom stereocenters. The van der Waals surface area contributed by atoms with Gasteiger partial charge in [-0.25, -0.2) is 0 Å². The van der Waals surface area contributed by atoms with Crippen molar-refractivity contribution >= 4 is 15.9 Å². The first kappa shape index (κ1) is 15.0. The van der Waals surface area contributed by atoms with Crippen LogP contribution in [0.5, 0.6) is 0 Å². The Morgan fingerprint density at radius 1 is 1.26 bits per heavy atom. The van der Waals surface area contributed by atoms with Crippen LogP contribution < -0.4 is 5.73 Å². The van der Waals surface area contributed by atoms with Crippen molar-refractivity contribution in [1.82, 2.24) is 4.90 Å². The fraction of sp³-hybridized carbons (Fsp3) is 0.625. The van der Waals surface area contributed by atoms with E-state index in [1.54, 1.807) is 0 Å². The first-order chi connectivity index (χ1) is 9.22. The first-order valence-corrected chi connectivity index (χ1v) is 8.19. The van der Waals surface area contributed by atoms with Crippen molar-refractivity contribution in [3.05, 3.63) is 34.3 Å². The highest BCUT2D eigenvalue weighted by molar-refractivity contribution is 9.10. The number of hydrogen-bond acceptors (Lipinski definition) is 2. The maximum atomic E-state index is 6.04. The molecular weight excluding hydrogens is 300 g/mol. The van der Waals surface area contributed by atoms with Crippen molar-refractivity contribution in [1.29, 1.82) is 0 Å². The summed E-state index contributed by atoms with van der Waals surface area (Å²) in [5.74, 6) is 0. The van der Waals surface area contributed by atoms with Crippen LogP contribution >= 0.6 is 15.9 Å². The van der Waals surface area contributed by atoms with Crippen molar-refractivity contribution in [3.8, 4) is 0 Å². The highest BCUT2D eigenvalue weighted by atomic mass is 79.9. The molecule has 106 valence electrons. The van der Waals surface area contributed by atoms with E-state index in [0.29, 0.717) is 18.6 Å². The summed E-state index contributed by atoms with van der Waals surface area (Å²) in [6.45, 7) is 0.684. The zero-order valence-electron chi connectivity index (χ0n) is 11.8. The molecule has 19 heavy (non-hydrogen) atoms. The van der Waals surface area contributed by atoms with Crippen LogP contribution in [-0.4, -0.2) is 24.5 Å². The summed E-state index contributed by atoms with van der Waals surface area (Å²) in [7, 11) is 2.24. The van der Waals surface area contributed by atoms with Crippen LogP contribution in [0, 0.1) is 0 Å². The van der Waals surface area contributed by atoms with Gasteiger partial charge in [-0.05, 0) is 37.6 Å². The van der Waals surface area contributed by atoms with Gasteiger partial charge in [0, 0.05) is 23.1 Å². The van der Waals surface area contributed by atoms with Gasteiger partial charge in [-0.3, -0.25) is 4.90 Å². The molecule has 0 amide bonds. The smallest absolute Gasteiger partial charge is 0.0470 e. The summed E-state index contributed by atoms with van der Waals surface area (Å²) in [5.41, 5.74) is 7.37. The van der Waals surface area contributed by atoms with Gasteiger partial charge in [-0.1, -0.05) is 53.7 Å². The molecule has 0 bridgehead atoms. The molecule has 0 heterocycles. The molecule has 1 aliphatic carbocycles. The highest BCUT2D eigenvalue weighted by Gasteiger charge is 2.24. The van der Waals surface area contributed by atoms with E-state index in [-0.39, 0.29) is 0 Å². The predicted molar refractivity (Wildman–Crippen MR) is 85.2 cm³/mol. The quantitative estimate of drug-likeness (QED) is 0.845. The van der Waals surface area contributed by atoms with Crippen LogP contribution in [0.4, 0.5) is 0 Å². The minimum absolute atomic E-state index is 0.334. The lowest BCUT2D eigenvalue weighted by Crippen LogP contribution is -2.38. The van der Waals surface area contributed by atoms with Crippen LogP contribution in [0.25, 0.3) is 0 Å². The number of hydrogen-bond donors (Lipinski definition) is 1. The van der Waals surface area contributed by atoms with Crippen LogP contribution in [0.15, 0.2) is 28.7 Å². The standard InChI is InChI=1S/C16H25BrN2/c1-19(15-9-4-2-3-5-10-15)16(12-18)13-7-6-8-14(17)11-13/h6-8,11,15-16H,2-5,9-10,12,18H2,1H3. The molecule has 0 aliphatic heterocycles. The average Bonchev–Trinajstić information content (AvgIpc) is 2.68. The van der Waals surface area contributed by atoms with Gasteiger partial charge >= 0.3 is 0 Å². The van der Waals surface area contributed by atoms with Crippen LogP contribution in [-0.2, 0) is 0 Å². The molecule has 0 radical (unpaired) electrons. The number of likely N-dealkylation sites (N-methyl/N-ethyl adjacent to an activating group) is 1. The van der Waals surface area contributed by atoms with Crippen molar-refractivity contribution in [3.63, 3.8) is 0 Å². The fourth-order valence-electron chi connectivity index (χ4n) is 3.17. The third-order valence-electron chi connectivity index (χ3n) is 4.35. The Balaban J connectivity index is 2.11. The van der Waals surface area contributed by atoms with E-state index < -0.39 is 0 Å². The number of nitrogens with two attached hydrogens (primary N) is 1. The van der Waals surface area contributed by atoms with Gasteiger partial charge in [0.15, 0.2) is 0 Å². The molecule has 1 fully saturated rings. The van der Waals surface area contributed by atoms with Crippen LogP contribution in [0.2, 0.25) is 0 Å². The summed E-state index contributed by atoms with van der Waals surface area (Å²) in [5, 5.41) is 0. The van der Waals surface area contributed by atoms with Gasteiger partial charge in [0.05, 0.1) is 0 Å². The Hall–Kier alpha value is -0.380. The Kier molecular flexibility index (Phi) is 5.86. The molecule has 2 rings (SSSR count). The van der Waals surface area contributed by atoms with E-state index in [9.17, 15) is 0 Å². The summed E-state index contributed by atoms with van der Waals surface area (Å²) < 4.78 is 1.14. The molecule has 1 unspecified atom stereocenters. The van der Waals surface area contributed by atoms with E-state index in [1.807, 2.05) is 0 Å². The van der Waals surface area contributed by atoms with Crippen molar-refractivity contribution in [2.75, 3.05) is 13.6 Å². The molecule has 1 aromatic rings. The van der Waals surface area contributed by atoms with E-state index in [4.69, 9.17) is 5.73 Å². The normalized spacial score (nSPS) is 19.4. The topological polar surface area (TPSA) is 29.3 Å². The van der Waals surface area contributed by atoms with Crippen molar-refractivity contribution in [2.24, 2.45) is 5.73 Å². The third kappa shape index (κ3) is 4.04. The second-order valence-electron chi connectivity index (χ2n) is 5.62.